The molecule has 1 heterocycles. The number of H-pyrrole nitrogens is 1. The molecule has 0 saturated carbocycles. The molecule has 1 aliphatic rings. The van der Waals surface area contributed by atoms with Gasteiger partial charge < -0.3 is 10.3 Å². The van der Waals surface area contributed by atoms with Gasteiger partial charge in [-0.3, -0.25) is 0 Å². The Morgan fingerprint density at radius 2 is 1.61 bits per heavy atom. The summed E-state index contributed by atoms with van der Waals surface area (Å²) >= 11 is 0. The van der Waals surface area contributed by atoms with E-state index in [1.165, 1.54) is 27.8 Å². The average Bonchev–Trinajstić information content (AvgIpc) is 3.29. The highest BCUT2D eigenvalue weighted by atomic mass is 35.5. The van der Waals surface area contributed by atoms with Gasteiger partial charge >= 0.3 is 0 Å². The summed E-state index contributed by atoms with van der Waals surface area (Å²) in [7, 11) is 0. The predicted molar refractivity (Wildman–Crippen MR) is 118 cm³/mol. The van der Waals surface area contributed by atoms with E-state index in [1.807, 2.05) is 0 Å². The Morgan fingerprint density at radius 3 is 2.32 bits per heavy atom. The molecule has 0 fully saturated rings. The Morgan fingerprint density at radius 1 is 0.929 bits per heavy atom. The molecular formula is C24H24ClN3. The first-order valence-electron chi connectivity index (χ1n) is 9.53. The summed E-state index contributed by atoms with van der Waals surface area (Å²) in [6.07, 6.45) is 3.95. The van der Waals surface area contributed by atoms with E-state index in [1.54, 1.807) is 6.33 Å². The van der Waals surface area contributed by atoms with Crippen LogP contribution in [-0.4, -0.2) is 15.5 Å². The number of rotatable bonds is 4. The molecule has 0 saturated heterocycles. The normalized spacial score (nSPS) is 14.6. The van der Waals surface area contributed by atoms with Crippen molar-refractivity contribution in [1.29, 1.82) is 0 Å². The van der Waals surface area contributed by atoms with Gasteiger partial charge in [0, 0.05) is 12.1 Å². The maximum atomic E-state index is 4.36. The van der Waals surface area contributed by atoms with Crippen LogP contribution in [0.5, 0.6) is 0 Å². The van der Waals surface area contributed by atoms with Crippen LogP contribution in [0.1, 0.15) is 23.6 Å². The molecule has 3 nitrogen and oxygen atoms in total. The van der Waals surface area contributed by atoms with Crippen LogP contribution < -0.4 is 5.32 Å². The zero-order chi connectivity index (χ0) is 18.3. The second kappa shape index (κ2) is 7.42. The van der Waals surface area contributed by atoms with Gasteiger partial charge in [-0.05, 0) is 59.7 Å². The quantitative estimate of drug-likeness (QED) is 0.497. The predicted octanol–water partition coefficient (Wildman–Crippen LogP) is 5.30. The molecule has 4 heteroatoms. The second-order valence-corrected chi connectivity index (χ2v) is 7.87. The number of benzene rings is 3. The highest BCUT2D eigenvalue weighted by Gasteiger charge is 2.31. The molecule has 0 spiro atoms. The van der Waals surface area contributed by atoms with Gasteiger partial charge in [0.25, 0.3) is 0 Å². The second-order valence-electron chi connectivity index (χ2n) is 7.87. The fourth-order valence-corrected chi connectivity index (χ4v) is 4.17. The summed E-state index contributed by atoms with van der Waals surface area (Å²) < 4.78 is 0. The van der Waals surface area contributed by atoms with Gasteiger partial charge in [-0.1, -0.05) is 54.6 Å². The van der Waals surface area contributed by atoms with Crippen LogP contribution in [0.3, 0.4) is 0 Å². The minimum absolute atomic E-state index is 0. The number of hydrogen-bond donors (Lipinski definition) is 2. The highest BCUT2D eigenvalue weighted by molar-refractivity contribution is 5.85. The monoisotopic (exact) mass is 389 g/mol. The van der Waals surface area contributed by atoms with Gasteiger partial charge in [-0.2, -0.15) is 0 Å². The fourth-order valence-electron chi connectivity index (χ4n) is 4.17. The third kappa shape index (κ3) is 3.56. The number of hydrogen-bond acceptors (Lipinski definition) is 2. The molecule has 3 aromatic carbocycles. The fraction of sp³-hybridized carbons (Fsp3) is 0.208. The number of halogens is 1. The summed E-state index contributed by atoms with van der Waals surface area (Å²) in [5.74, 6) is 0. The Labute approximate surface area is 171 Å². The number of aromatic amines is 1. The number of nitrogens with one attached hydrogen (secondary N) is 2. The van der Waals surface area contributed by atoms with Crippen molar-refractivity contribution in [2.75, 3.05) is 0 Å². The summed E-state index contributed by atoms with van der Waals surface area (Å²) in [6.45, 7) is 3.23. The van der Waals surface area contributed by atoms with Gasteiger partial charge in [-0.15, -0.1) is 12.4 Å². The van der Waals surface area contributed by atoms with Gasteiger partial charge in [0.1, 0.15) is 0 Å². The average molecular weight is 390 g/mol. The minimum Gasteiger partial charge on any atom is -0.345 e. The highest BCUT2D eigenvalue weighted by Crippen LogP contribution is 2.30. The lowest BCUT2D eigenvalue weighted by atomic mass is 9.97. The maximum Gasteiger partial charge on any atom is 0.0931 e. The lowest BCUT2D eigenvalue weighted by Crippen LogP contribution is -2.42. The van der Waals surface area contributed by atoms with E-state index in [2.05, 4.69) is 88.9 Å². The zero-order valence-electron chi connectivity index (χ0n) is 15.9. The maximum absolute atomic E-state index is 4.36. The lowest BCUT2D eigenvalue weighted by molar-refractivity contribution is 0.370. The van der Waals surface area contributed by atoms with Crippen LogP contribution in [-0.2, 0) is 19.4 Å². The lowest BCUT2D eigenvalue weighted by Gasteiger charge is -2.25. The van der Waals surface area contributed by atoms with Gasteiger partial charge in [0.2, 0.25) is 0 Å². The van der Waals surface area contributed by atoms with Crippen molar-refractivity contribution >= 4 is 23.4 Å². The smallest absolute Gasteiger partial charge is 0.0931 e. The van der Waals surface area contributed by atoms with Crippen LogP contribution in [0.4, 0.5) is 0 Å². The van der Waals surface area contributed by atoms with E-state index < -0.39 is 0 Å². The Kier molecular flexibility index (Phi) is 4.96. The van der Waals surface area contributed by atoms with Gasteiger partial charge in [-0.25, -0.2) is 4.98 Å². The molecule has 0 radical (unpaired) electrons. The topological polar surface area (TPSA) is 40.7 Å². The van der Waals surface area contributed by atoms with E-state index in [-0.39, 0.29) is 17.9 Å². The Bertz CT molecular complexity index is 1070. The Balaban J connectivity index is 0.00000192. The zero-order valence-corrected chi connectivity index (χ0v) is 16.7. The third-order valence-electron chi connectivity index (χ3n) is 5.71. The number of aromatic nitrogens is 2. The van der Waals surface area contributed by atoms with Crippen LogP contribution in [0.2, 0.25) is 0 Å². The van der Waals surface area contributed by atoms with Gasteiger partial charge in [0.15, 0.2) is 0 Å². The first-order chi connectivity index (χ1) is 13.2. The largest absolute Gasteiger partial charge is 0.345 e. The summed E-state index contributed by atoms with van der Waals surface area (Å²) in [4.78, 5) is 7.50. The first kappa shape index (κ1) is 18.7. The molecule has 1 aromatic heterocycles. The summed E-state index contributed by atoms with van der Waals surface area (Å²) in [6, 6.07) is 24.0. The number of imidazole rings is 1. The van der Waals surface area contributed by atoms with Gasteiger partial charge in [0.05, 0.1) is 17.4 Å². The van der Waals surface area contributed by atoms with Crippen LogP contribution in [0.25, 0.3) is 22.2 Å². The van der Waals surface area contributed by atoms with E-state index in [9.17, 15) is 0 Å². The van der Waals surface area contributed by atoms with E-state index in [4.69, 9.17) is 0 Å². The van der Waals surface area contributed by atoms with E-state index >= 15 is 0 Å². The standard InChI is InChI=1S/C24H23N3.ClH/c1-24(13-20-4-2-3-5-21(20)14-24)27-15-17-6-8-18(9-7-17)19-10-11-22-23(12-19)26-16-25-22;/h2-12,16,27H,13-15H2,1H3,(H,25,26);1H. The van der Waals surface area contributed by atoms with Crippen molar-refractivity contribution in [2.45, 2.75) is 31.8 Å². The van der Waals surface area contributed by atoms with Crippen molar-refractivity contribution < 1.29 is 0 Å². The molecule has 1 aliphatic carbocycles. The molecule has 142 valence electrons. The number of fused-ring (bicyclic) bond motifs is 2. The molecule has 0 aliphatic heterocycles. The molecule has 0 amide bonds. The number of nitrogens with zero attached hydrogens (tertiary/aromatic N) is 1. The molecule has 0 bridgehead atoms. The van der Waals surface area contributed by atoms with Crippen molar-refractivity contribution in [3.63, 3.8) is 0 Å². The van der Waals surface area contributed by atoms with Crippen molar-refractivity contribution in [3.05, 3.63) is 89.7 Å². The van der Waals surface area contributed by atoms with Crippen LogP contribution in [0, 0.1) is 0 Å². The SMILES string of the molecule is CC1(NCc2ccc(-c3ccc4[nH]cnc4c3)cc2)Cc2ccccc2C1.Cl. The summed E-state index contributed by atoms with van der Waals surface area (Å²) in [5.41, 5.74) is 8.94. The molecule has 0 atom stereocenters. The minimum atomic E-state index is 0. The van der Waals surface area contributed by atoms with Crippen molar-refractivity contribution in [1.82, 2.24) is 15.3 Å². The molecule has 28 heavy (non-hydrogen) atoms. The molecule has 4 aromatic rings. The van der Waals surface area contributed by atoms with E-state index in [0.717, 1.165) is 30.4 Å². The first-order valence-corrected chi connectivity index (χ1v) is 9.53. The molecule has 0 unspecified atom stereocenters. The van der Waals surface area contributed by atoms with Crippen molar-refractivity contribution in [3.8, 4) is 11.1 Å². The molecule has 2 N–H and O–H groups in total. The summed E-state index contributed by atoms with van der Waals surface area (Å²) in [5, 5.41) is 3.79. The molecule has 5 rings (SSSR count). The van der Waals surface area contributed by atoms with Crippen molar-refractivity contribution in [2.24, 2.45) is 0 Å². The third-order valence-corrected chi connectivity index (χ3v) is 5.71. The Hall–Kier alpha value is -2.62. The van der Waals surface area contributed by atoms with Crippen LogP contribution >= 0.6 is 12.4 Å². The van der Waals surface area contributed by atoms with E-state index in [0.29, 0.717) is 0 Å². The molecular weight excluding hydrogens is 366 g/mol. The van der Waals surface area contributed by atoms with Crippen LogP contribution in [0.15, 0.2) is 73.1 Å².